The van der Waals surface area contributed by atoms with Crippen LogP contribution in [0.25, 0.3) is 0 Å². The van der Waals surface area contributed by atoms with E-state index in [0.29, 0.717) is 22.1 Å². The van der Waals surface area contributed by atoms with Gasteiger partial charge in [0, 0.05) is 15.1 Å². The molecule has 134 valence electrons. The van der Waals surface area contributed by atoms with Crippen LogP contribution in [0.4, 0.5) is 0 Å². The maximum absolute atomic E-state index is 12.1. The van der Waals surface area contributed by atoms with Crippen molar-refractivity contribution in [3.8, 4) is 23.8 Å². The average molecular weight is 436 g/mol. The lowest BCUT2D eigenvalue weighted by molar-refractivity contribution is -0.127. The molecule has 7 heteroatoms. The topological polar surface area (TPSA) is 59.9 Å². The molecule has 1 atom stereocenters. The first-order valence-electron chi connectivity index (χ1n) is 7.60. The lowest BCUT2D eigenvalue weighted by atomic mass is 10.2. The summed E-state index contributed by atoms with van der Waals surface area (Å²) in [5.74, 6) is 3.06. The number of amides is 1. The molecule has 2 aromatic carbocycles. The summed E-state index contributed by atoms with van der Waals surface area (Å²) in [6.45, 7) is 1.76. The predicted octanol–water partition coefficient (Wildman–Crippen LogP) is 4.03. The highest BCUT2D eigenvalue weighted by atomic mass is 79.9. The van der Waals surface area contributed by atoms with Gasteiger partial charge in [-0.15, -0.1) is 6.42 Å². The van der Waals surface area contributed by atoms with Gasteiger partial charge < -0.3 is 9.47 Å². The number of ether oxygens (including phenoxy) is 2. The average Bonchev–Trinajstić information content (AvgIpc) is 2.61. The summed E-state index contributed by atoms with van der Waals surface area (Å²) in [7, 11) is 0. The van der Waals surface area contributed by atoms with Gasteiger partial charge in [-0.1, -0.05) is 39.5 Å². The van der Waals surface area contributed by atoms with Crippen LogP contribution >= 0.6 is 27.5 Å². The molecule has 0 unspecified atom stereocenters. The van der Waals surface area contributed by atoms with E-state index in [9.17, 15) is 4.79 Å². The number of halogens is 2. The number of terminal acetylenes is 1. The minimum atomic E-state index is -0.745. The molecule has 0 aliphatic carbocycles. The van der Waals surface area contributed by atoms with Crippen LogP contribution in [0.2, 0.25) is 5.02 Å². The third-order valence-electron chi connectivity index (χ3n) is 3.14. The summed E-state index contributed by atoms with van der Waals surface area (Å²) < 4.78 is 11.8. The van der Waals surface area contributed by atoms with Crippen LogP contribution in [0.5, 0.6) is 11.5 Å². The zero-order valence-electron chi connectivity index (χ0n) is 13.9. The Morgan fingerprint density at radius 3 is 2.96 bits per heavy atom. The molecule has 0 saturated heterocycles. The van der Waals surface area contributed by atoms with Gasteiger partial charge in [-0.25, -0.2) is 5.43 Å². The van der Waals surface area contributed by atoms with Crippen LogP contribution in [-0.4, -0.2) is 24.8 Å². The van der Waals surface area contributed by atoms with E-state index in [0.717, 1.165) is 4.47 Å². The molecule has 2 rings (SSSR count). The normalized spacial score (nSPS) is 11.6. The van der Waals surface area contributed by atoms with Crippen molar-refractivity contribution in [2.75, 3.05) is 6.61 Å². The van der Waals surface area contributed by atoms with Crippen LogP contribution in [-0.2, 0) is 4.79 Å². The number of carbonyl (C=O) groups excluding carboxylic acids is 1. The first-order chi connectivity index (χ1) is 12.5. The summed E-state index contributed by atoms with van der Waals surface area (Å²) in [5, 5.41) is 4.48. The molecule has 1 amide bonds. The molecule has 5 nitrogen and oxygen atoms in total. The van der Waals surface area contributed by atoms with E-state index in [4.69, 9.17) is 27.5 Å². The molecule has 0 aromatic heterocycles. The van der Waals surface area contributed by atoms with Gasteiger partial charge in [0.2, 0.25) is 0 Å². The van der Waals surface area contributed by atoms with Crippen molar-refractivity contribution in [3.63, 3.8) is 0 Å². The van der Waals surface area contributed by atoms with E-state index < -0.39 is 12.0 Å². The predicted molar refractivity (Wildman–Crippen MR) is 106 cm³/mol. The lowest BCUT2D eigenvalue weighted by Crippen LogP contribution is -2.33. The number of nitrogens with zero attached hydrogens (tertiary/aromatic N) is 1. The zero-order valence-corrected chi connectivity index (χ0v) is 16.3. The molecular weight excluding hydrogens is 420 g/mol. The minimum absolute atomic E-state index is 0.138. The second-order valence-corrected chi connectivity index (χ2v) is 6.48. The molecule has 2 aromatic rings. The highest BCUT2D eigenvalue weighted by Crippen LogP contribution is 2.22. The van der Waals surface area contributed by atoms with Crippen molar-refractivity contribution in [1.82, 2.24) is 5.43 Å². The highest BCUT2D eigenvalue weighted by Gasteiger charge is 2.14. The Balaban J connectivity index is 1.98. The van der Waals surface area contributed by atoms with Gasteiger partial charge in [-0.05, 0) is 43.3 Å². The molecular formula is C19H16BrClN2O3. The molecule has 0 fully saturated rings. The number of hydrogen-bond donors (Lipinski definition) is 1. The molecule has 0 spiro atoms. The van der Waals surface area contributed by atoms with E-state index in [2.05, 4.69) is 32.4 Å². The van der Waals surface area contributed by atoms with E-state index in [1.54, 1.807) is 43.3 Å². The number of hydrazone groups is 1. The zero-order chi connectivity index (χ0) is 18.9. The van der Waals surface area contributed by atoms with Gasteiger partial charge in [-0.2, -0.15) is 5.10 Å². The third kappa shape index (κ3) is 6.10. The van der Waals surface area contributed by atoms with Crippen LogP contribution in [0, 0.1) is 12.3 Å². The van der Waals surface area contributed by atoms with Crippen molar-refractivity contribution >= 4 is 39.7 Å². The summed E-state index contributed by atoms with van der Waals surface area (Å²) in [6, 6.07) is 12.2. The molecule has 1 N–H and O–H groups in total. The SMILES string of the molecule is C#CCOc1ccc(Br)cc1/C=N\NC(=O)[C@@H](C)Oc1cccc(Cl)c1. The van der Waals surface area contributed by atoms with Crippen molar-refractivity contribution < 1.29 is 14.3 Å². The summed E-state index contributed by atoms with van der Waals surface area (Å²) in [5.41, 5.74) is 3.10. The van der Waals surface area contributed by atoms with E-state index >= 15 is 0 Å². The van der Waals surface area contributed by atoms with Crippen LogP contribution in [0.15, 0.2) is 52.0 Å². The Hall–Kier alpha value is -2.49. The van der Waals surface area contributed by atoms with E-state index in [1.165, 1.54) is 6.21 Å². The summed E-state index contributed by atoms with van der Waals surface area (Å²) in [4.78, 5) is 12.1. The third-order valence-corrected chi connectivity index (χ3v) is 3.87. The van der Waals surface area contributed by atoms with Crippen molar-refractivity contribution in [2.24, 2.45) is 5.10 Å². The first kappa shape index (κ1) is 19.8. The Labute approximate surface area is 165 Å². The quantitative estimate of drug-likeness (QED) is 0.406. The molecule has 0 radical (unpaired) electrons. The molecule has 0 bridgehead atoms. The first-order valence-corrected chi connectivity index (χ1v) is 8.77. The van der Waals surface area contributed by atoms with Crippen LogP contribution in [0.3, 0.4) is 0 Å². The van der Waals surface area contributed by atoms with Crippen LogP contribution in [0.1, 0.15) is 12.5 Å². The fourth-order valence-electron chi connectivity index (χ4n) is 1.93. The van der Waals surface area contributed by atoms with Gasteiger partial charge in [-0.3, -0.25) is 4.79 Å². The number of nitrogens with one attached hydrogen (secondary N) is 1. The van der Waals surface area contributed by atoms with Gasteiger partial charge in [0.05, 0.1) is 6.21 Å². The van der Waals surface area contributed by atoms with Crippen LogP contribution < -0.4 is 14.9 Å². The Kier molecular flexibility index (Phi) is 7.52. The van der Waals surface area contributed by atoms with Crippen molar-refractivity contribution in [2.45, 2.75) is 13.0 Å². The number of rotatable bonds is 7. The molecule has 0 saturated carbocycles. The summed E-state index contributed by atoms with van der Waals surface area (Å²) in [6.07, 6.45) is 5.93. The van der Waals surface area contributed by atoms with Crippen molar-refractivity contribution in [1.29, 1.82) is 0 Å². The standard InChI is InChI=1S/C19H16BrClN2O3/c1-3-9-25-18-8-7-15(20)10-14(18)12-22-23-19(24)13(2)26-17-6-4-5-16(21)11-17/h1,4-8,10-13H,9H2,2H3,(H,23,24)/b22-12-/t13-/m1/s1. The van der Waals surface area contributed by atoms with Gasteiger partial charge in [0.15, 0.2) is 6.10 Å². The maximum atomic E-state index is 12.1. The largest absolute Gasteiger partial charge is 0.481 e. The van der Waals surface area contributed by atoms with Gasteiger partial charge >= 0.3 is 0 Å². The fraction of sp³-hybridized carbons (Fsp3) is 0.158. The maximum Gasteiger partial charge on any atom is 0.280 e. The van der Waals surface area contributed by atoms with E-state index in [1.807, 2.05) is 6.07 Å². The number of carbonyl (C=O) groups is 1. The summed E-state index contributed by atoms with van der Waals surface area (Å²) >= 11 is 9.27. The second kappa shape index (κ2) is 9.85. The van der Waals surface area contributed by atoms with E-state index in [-0.39, 0.29) is 6.61 Å². The molecule has 0 aliphatic rings. The Morgan fingerprint density at radius 2 is 2.23 bits per heavy atom. The number of hydrogen-bond acceptors (Lipinski definition) is 4. The highest BCUT2D eigenvalue weighted by molar-refractivity contribution is 9.10. The lowest BCUT2D eigenvalue weighted by Gasteiger charge is -2.13. The molecule has 0 heterocycles. The Bertz CT molecular complexity index is 849. The smallest absolute Gasteiger partial charge is 0.280 e. The fourth-order valence-corrected chi connectivity index (χ4v) is 2.48. The Morgan fingerprint density at radius 1 is 1.42 bits per heavy atom. The number of benzene rings is 2. The van der Waals surface area contributed by atoms with Crippen molar-refractivity contribution in [3.05, 3.63) is 57.5 Å². The second-order valence-electron chi connectivity index (χ2n) is 5.13. The minimum Gasteiger partial charge on any atom is -0.481 e. The molecule has 26 heavy (non-hydrogen) atoms. The van der Waals surface area contributed by atoms with Gasteiger partial charge in [0.1, 0.15) is 18.1 Å². The molecule has 0 aliphatic heterocycles. The monoisotopic (exact) mass is 434 g/mol. The van der Waals surface area contributed by atoms with Gasteiger partial charge in [0.25, 0.3) is 5.91 Å².